The Morgan fingerprint density at radius 2 is 1.62 bits per heavy atom. The third kappa shape index (κ3) is 2.63. The second-order valence-corrected chi connectivity index (χ2v) is 9.37. The number of benzene rings is 1. The van der Waals surface area contributed by atoms with Crippen molar-refractivity contribution in [2.24, 2.45) is 11.8 Å². The number of aliphatic hydroxyl groups is 1. The lowest BCUT2D eigenvalue weighted by Gasteiger charge is -2.42. The minimum absolute atomic E-state index is 0.0522. The zero-order valence-corrected chi connectivity index (χ0v) is 16.3. The molecule has 2 heteroatoms. The largest absolute Gasteiger partial charge is 0.396 e. The van der Waals surface area contributed by atoms with Crippen molar-refractivity contribution in [2.75, 3.05) is 19.8 Å². The summed E-state index contributed by atoms with van der Waals surface area (Å²) in [6.07, 6.45) is 2.48. The van der Waals surface area contributed by atoms with Crippen LogP contribution in [-0.4, -0.2) is 24.9 Å². The van der Waals surface area contributed by atoms with Crippen LogP contribution in [0.25, 0.3) is 0 Å². The van der Waals surface area contributed by atoms with Gasteiger partial charge in [-0.15, -0.1) is 0 Å². The molecule has 0 spiro atoms. The average molecular weight is 331 g/mol. The summed E-state index contributed by atoms with van der Waals surface area (Å²) in [5.41, 5.74) is 4.95. The van der Waals surface area contributed by atoms with Crippen LogP contribution in [0, 0.1) is 11.8 Å². The lowest BCUT2D eigenvalue weighted by Crippen LogP contribution is -2.34. The van der Waals surface area contributed by atoms with Gasteiger partial charge in [0.15, 0.2) is 0 Å². The Bertz CT molecular complexity index is 616. The fourth-order valence-electron chi connectivity index (χ4n) is 4.90. The van der Waals surface area contributed by atoms with Crippen molar-refractivity contribution >= 4 is 0 Å². The van der Waals surface area contributed by atoms with Gasteiger partial charge in [0.25, 0.3) is 0 Å². The maximum atomic E-state index is 9.84. The summed E-state index contributed by atoms with van der Waals surface area (Å²) in [6.45, 7) is 15.6. The van der Waals surface area contributed by atoms with Crippen LogP contribution in [0.5, 0.6) is 0 Å². The van der Waals surface area contributed by atoms with E-state index >= 15 is 0 Å². The Labute approximate surface area is 147 Å². The van der Waals surface area contributed by atoms with E-state index in [1.165, 1.54) is 29.5 Å². The van der Waals surface area contributed by atoms with Crippen LogP contribution in [0.1, 0.15) is 71.1 Å². The van der Waals surface area contributed by atoms with E-state index in [0.29, 0.717) is 11.8 Å². The molecule has 3 rings (SSSR count). The first kappa shape index (κ1) is 17.9. The molecule has 0 aliphatic heterocycles. The quantitative estimate of drug-likeness (QED) is 0.857. The highest BCUT2D eigenvalue weighted by atomic mass is 16.5. The lowest BCUT2D eigenvalue weighted by molar-refractivity contribution is 0.126. The molecule has 0 saturated heterocycles. The second kappa shape index (κ2) is 5.85. The summed E-state index contributed by atoms with van der Waals surface area (Å²) in [7, 11) is 0. The van der Waals surface area contributed by atoms with Crippen molar-refractivity contribution in [1.82, 2.24) is 0 Å². The zero-order chi connectivity index (χ0) is 17.8. The molecule has 1 aromatic rings. The standard InChI is InChI=1S/C22H34O2/c1-7-24-14-19-18(13-23)22(19,6)15-8-9-16-17(12-15)21(4,5)11-10-20(16,2)3/h8-9,12,18-19,23H,7,10-11,13-14H2,1-6H3. The summed E-state index contributed by atoms with van der Waals surface area (Å²) in [4.78, 5) is 0. The summed E-state index contributed by atoms with van der Waals surface area (Å²) in [5.74, 6) is 0.752. The van der Waals surface area contributed by atoms with Crippen LogP contribution in [0.15, 0.2) is 18.2 Å². The molecule has 3 unspecified atom stereocenters. The van der Waals surface area contributed by atoms with Gasteiger partial charge >= 0.3 is 0 Å². The fraction of sp³-hybridized carbons (Fsp3) is 0.727. The van der Waals surface area contributed by atoms with Crippen molar-refractivity contribution in [2.45, 2.75) is 70.6 Å². The first-order valence-electron chi connectivity index (χ1n) is 9.52. The number of hydrogen-bond donors (Lipinski definition) is 1. The minimum atomic E-state index is 0.0522. The molecule has 1 saturated carbocycles. The molecule has 2 nitrogen and oxygen atoms in total. The van der Waals surface area contributed by atoms with E-state index < -0.39 is 0 Å². The van der Waals surface area contributed by atoms with Gasteiger partial charge in [-0.2, -0.15) is 0 Å². The van der Waals surface area contributed by atoms with Crippen LogP contribution in [0.3, 0.4) is 0 Å². The molecular weight excluding hydrogens is 296 g/mol. The van der Waals surface area contributed by atoms with E-state index in [-0.39, 0.29) is 22.9 Å². The smallest absolute Gasteiger partial charge is 0.0506 e. The molecule has 24 heavy (non-hydrogen) atoms. The van der Waals surface area contributed by atoms with E-state index in [0.717, 1.165) is 13.2 Å². The van der Waals surface area contributed by atoms with Crippen molar-refractivity contribution in [3.8, 4) is 0 Å². The summed E-state index contributed by atoms with van der Waals surface area (Å²) in [5, 5.41) is 9.84. The Balaban J connectivity index is 1.99. The molecule has 3 atom stereocenters. The second-order valence-electron chi connectivity index (χ2n) is 9.37. The van der Waals surface area contributed by atoms with Gasteiger partial charge < -0.3 is 9.84 Å². The molecule has 2 aliphatic carbocycles. The molecule has 1 fully saturated rings. The van der Waals surface area contributed by atoms with Crippen molar-refractivity contribution in [3.63, 3.8) is 0 Å². The Kier molecular flexibility index (Phi) is 4.37. The first-order chi connectivity index (χ1) is 11.2. The van der Waals surface area contributed by atoms with Crippen molar-refractivity contribution in [1.29, 1.82) is 0 Å². The SMILES string of the molecule is CCOCC1C(CO)C1(C)c1ccc2c(c1)C(C)(C)CCC2(C)C. The highest BCUT2D eigenvalue weighted by molar-refractivity contribution is 5.48. The number of ether oxygens (including phenoxy) is 1. The lowest BCUT2D eigenvalue weighted by atomic mass is 9.62. The Morgan fingerprint density at radius 1 is 1.00 bits per heavy atom. The number of fused-ring (bicyclic) bond motifs is 1. The van der Waals surface area contributed by atoms with Crippen molar-refractivity contribution < 1.29 is 9.84 Å². The molecule has 0 heterocycles. The maximum Gasteiger partial charge on any atom is 0.0506 e. The average Bonchev–Trinajstić information content (AvgIpc) is 3.14. The maximum absolute atomic E-state index is 9.84. The molecule has 0 aromatic heterocycles. The molecular formula is C22H34O2. The minimum Gasteiger partial charge on any atom is -0.396 e. The van der Waals surface area contributed by atoms with Gasteiger partial charge in [-0.3, -0.25) is 0 Å². The molecule has 0 bridgehead atoms. The van der Waals surface area contributed by atoms with Gasteiger partial charge in [0, 0.05) is 18.6 Å². The molecule has 0 amide bonds. The molecule has 1 aromatic carbocycles. The third-order valence-electron chi connectivity index (χ3n) is 7.09. The van der Waals surface area contributed by atoms with Crippen LogP contribution in [0.2, 0.25) is 0 Å². The predicted octanol–water partition coefficient (Wildman–Crippen LogP) is 4.57. The Hall–Kier alpha value is -0.860. The van der Waals surface area contributed by atoms with Crippen LogP contribution in [-0.2, 0) is 21.0 Å². The van der Waals surface area contributed by atoms with E-state index in [9.17, 15) is 5.11 Å². The Morgan fingerprint density at radius 3 is 2.21 bits per heavy atom. The van der Waals surface area contributed by atoms with Gasteiger partial charge in [0.05, 0.1) is 6.61 Å². The number of hydrogen-bond acceptors (Lipinski definition) is 2. The highest BCUT2D eigenvalue weighted by Gasteiger charge is 2.61. The summed E-state index contributed by atoms with van der Waals surface area (Å²) in [6, 6.07) is 7.13. The molecule has 2 aliphatic rings. The van der Waals surface area contributed by atoms with Gasteiger partial charge in [0.2, 0.25) is 0 Å². The van der Waals surface area contributed by atoms with Gasteiger partial charge in [-0.1, -0.05) is 52.8 Å². The van der Waals surface area contributed by atoms with Gasteiger partial charge in [0.1, 0.15) is 0 Å². The zero-order valence-electron chi connectivity index (χ0n) is 16.3. The fourth-order valence-corrected chi connectivity index (χ4v) is 4.90. The van der Waals surface area contributed by atoms with Crippen LogP contribution in [0.4, 0.5) is 0 Å². The van der Waals surface area contributed by atoms with Crippen LogP contribution < -0.4 is 0 Å². The van der Waals surface area contributed by atoms with Crippen LogP contribution >= 0.6 is 0 Å². The third-order valence-corrected chi connectivity index (χ3v) is 7.09. The predicted molar refractivity (Wildman–Crippen MR) is 99.6 cm³/mol. The first-order valence-corrected chi connectivity index (χ1v) is 9.52. The summed E-state index contributed by atoms with van der Waals surface area (Å²) >= 11 is 0. The monoisotopic (exact) mass is 330 g/mol. The highest BCUT2D eigenvalue weighted by Crippen LogP contribution is 2.60. The molecule has 1 N–H and O–H groups in total. The van der Waals surface area contributed by atoms with Crippen molar-refractivity contribution in [3.05, 3.63) is 34.9 Å². The van der Waals surface area contributed by atoms with E-state index in [1.807, 2.05) is 6.92 Å². The van der Waals surface area contributed by atoms with E-state index in [1.54, 1.807) is 0 Å². The topological polar surface area (TPSA) is 29.5 Å². The van der Waals surface area contributed by atoms with E-state index in [2.05, 4.69) is 52.8 Å². The number of rotatable bonds is 5. The van der Waals surface area contributed by atoms with Gasteiger partial charge in [-0.05, 0) is 59.1 Å². The van der Waals surface area contributed by atoms with Gasteiger partial charge in [-0.25, -0.2) is 0 Å². The number of aliphatic hydroxyl groups excluding tert-OH is 1. The molecule has 0 radical (unpaired) electrons. The normalized spacial score (nSPS) is 33.1. The van der Waals surface area contributed by atoms with E-state index in [4.69, 9.17) is 4.74 Å². The summed E-state index contributed by atoms with van der Waals surface area (Å²) < 4.78 is 5.68. The molecule has 134 valence electrons.